The van der Waals surface area contributed by atoms with Crippen molar-refractivity contribution in [2.75, 3.05) is 20.1 Å². The topological polar surface area (TPSA) is 55.6 Å². The fraction of sp³-hybridized carbons (Fsp3) is 0.438. The van der Waals surface area contributed by atoms with Crippen molar-refractivity contribution in [3.05, 3.63) is 28.6 Å². The summed E-state index contributed by atoms with van der Waals surface area (Å²) >= 11 is 1.69. The lowest BCUT2D eigenvalue weighted by Gasteiger charge is -2.43. The highest BCUT2D eigenvalue weighted by Gasteiger charge is 2.36. The summed E-state index contributed by atoms with van der Waals surface area (Å²) in [5.41, 5.74) is 0.999. The van der Waals surface area contributed by atoms with E-state index in [0.717, 1.165) is 41.8 Å². The van der Waals surface area contributed by atoms with Gasteiger partial charge in [0.15, 0.2) is 11.7 Å². The van der Waals surface area contributed by atoms with Gasteiger partial charge in [-0.2, -0.15) is 5.10 Å². The Labute approximate surface area is 139 Å². The summed E-state index contributed by atoms with van der Waals surface area (Å²) in [6.45, 7) is 4.04. The molecule has 1 unspecified atom stereocenters. The maximum atomic E-state index is 4.88. The summed E-state index contributed by atoms with van der Waals surface area (Å²) in [5.74, 6) is 1.80. The first kappa shape index (κ1) is 14.6. The highest BCUT2D eigenvalue weighted by Crippen LogP contribution is 2.30. The van der Waals surface area contributed by atoms with Crippen LogP contribution in [0.25, 0.3) is 5.70 Å². The van der Waals surface area contributed by atoms with Crippen LogP contribution in [0.3, 0.4) is 0 Å². The number of aliphatic imine (C=N–C) groups is 2. The molecule has 1 aromatic heterocycles. The number of amidine groups is 2. The molecule has 4 rings (SSSR count). The normalized spacial score (nSPS) is 24.4. The van der Waals surface area contributed by atoms with Gasteiger partial charge in [-0.05, 0) is 25.4 Å². The Bertz CT molecular complexity index is 696. The number of likely N-dealkylation sites (N-methyl/N-ethyl adjacent to an activating group) is 1. The van der Waals surface area contributed by atoms with E-state index in [9.17, 15) is 0 Å². The number of hydrogen-bond donors (Lipinski definition) is 1. The van der Waals surface area contributed by atoms with Crippen LogP contribution < -0.4 is 5.32 Å². The lowest BCUT2D eigenvalue weighted by atomic mass is 10.1. The average molecular weight is 328 g/mol. The van der Waals surface area contributed by atoms with Crippen molar-refractivity contribution in [3.8, 4) is 0 Å². The molecule has 120 valence electrons. The predicted molar refractivity (Wildman–Crippen MR) is 96.0 cm³/mol. The fourth-order valence-electron chi connectivity index (χ4n) is 2.87. The molecule has 1 aromatic rings. The molecule has 0 amide bonds. The zero-order chi connectivity index (χ0) is 15.8. The molecule has 0 bridgehead atoms. The molecular weight excluding hydrogens is 308 g/mol. The molecule has 1 N–H and O–H groups in total. The van der Waals surface area contributed by atoms with Crippen molar-refractivity contribution < 1.29 is 0 Å². The zero-order valence-electron chi connectivity index (χ0n) is 13.3. The average Bonchev–Trinajstić information content (AvgIpc) is 2.95. The molecule has 0 aromatic carbocycles. The summed E-state index contributed by atoms with van der Waals surface area (Å²) in [5, 5.41) is 12.0. The maximum Gasteiger partial charge on any atom is 0.193 e. The van der Waals surface area contributed by atoms with Crippen molar-refractivity contribution in [2.24, 2.45) is 15.1 Å². The molecule has 6 nitrogen and oxygen atoms in total. The van der Waals surface area contributed by atoms with E-state index in [0.29, 0.717) is 6.04 Å². The Kier molecular flexibility index (Phi) is 3.74. The van der Waals surface area contributed by atoms with Gasteiger partial charge >= 0.3 is 0 Å². The van der Waals surface area contributed by atoms with Crippen LogP contribution in [0.4, 0.5) is 0 Å². The molecule has 0 radical (unpaired) electrons. The van der Waals surface area contributed by atoms with Crippen molar-refractivity contribution in [1.82, 2.24) is 15.2 Å². The minimum atomic E-state index is 0.216. The number of fused-ring (bicyclic) bond motifs is 1. The van der Waals surface area contributed by atoms with Gasteiger partial charge in [-0.25, -0.2) is 10.0 Å². The zero-order valence-corrected chi connectivity index (χ0v) is 14.1. The SMILES string of the molecule is CNC1CN(C2=NC=C(c3cccs3)N3N=CCC(C)N=C23)C1. The Balaban J connectivity index is 1.73. The van der Waals surface area contributed by atoms with E-state index in [-0.39, 0.29) is 6.04 Å². The minimum absolute atomic E-state index is 0.216. The predicted octanol–water partition coefficient (Wildman–Crippen LogP) is 1.84. The van der Waals surface area contributed by atoms with Crippen molar-refractivity contribution in [1.29, 1.82) is 0 Å². The standard InChI is InChI=1S/C16H20N6S/c1-11-5-6-19-22-13(14-4-3-7-23-14)8-18-15(16(22)20-11)21-9-12(10-21)17-2/h3-4,6-8,11-12,17H,5,9-10H2,1-2H3. The first-order valence-electron chi connectivity index (χ1n) is 7.91. The smallest absolute Gasteiger partial charge is 0.193 e. The van der Waals surface area contributed by atoms with Crippen LogP contribution in [0, 0.1) is 0 Å². The van der Waals surface area contributed by atoms with Crippen LogP contribution in [0.1, 0.15) is 18.2 Å². The number of nitrogens with one attached hydrogen (secondary N) is 1. The third-order valence-corrected chi connectivity index (χ3v) is 5.18. The molecule has 0 aliphatic carbocycles. The highest BCUT2D eigenvalue weighted by atomic mass is 32.1. The molecule has 1 atom stereocenters. The van der Waals surface area contributed by atoms with E-state index in [2.05, 4.69) is 33.7 Å². The second-order valence-electron chi connectivity index (χ2n) is 5.98. The van der Waals surface area contributed by atoms with Crippen LogP contribution in [-0.2, 0) is 0 Å². The van der Waals surface area contributed by atoms with Gasteiger partial charge in [0, 0.05) is 31.8 Å². The van der Waals surface area contributed by atoms with Crippen LogP contribution in [0.2, 0.25) is 0 Å². The highest BCUT2D eigenvalue weighted by molar-refractivity contribution is 7.11. The quantitative estimate of drug-likeness (QED) is 0.901. The second-order valence-corrected chi connectivity index (χ2v) is 6.93. The van der Waals surface area contributed by atoms with Gasteiger partial charge in [-0.15, -0.1) is 11.3 Å². The van der Waals surface area contributed by atoms with E-state index >= 15 is 0 Å². The molecule has 7 heteroatoms. The molecular formula is C16H20N6S. The van der Waals surface area contributed by atoms with Gasteiger partial charge < -0.3 is 10.2 Å². The number of rotatable bonds is 2. The fourth-order valence-corrected chi connectivity index (χ4v) is 3.59. The number of nitrogens with zero attached hydrogens (tertiary/aromatic N) is 5. The van der Waals surface area contributed by atoms with E-state index in [1.165, 1.54) is 0 Å². The monoisotopic (exact) mass is 328 g/mol. The molecule has 0 saturated carbocycles. The van der Waals surface area contributed by atoms with Gasteiger partial charge in [0.05, 0.1) is 17.1 Å². The van der Waals surface area contributed by atoms with Crippen LogP contribution in [0.15, 0.2) is 38.8 Å². The Morgan fingerprint density at radius 1 is 1.30 bits per heavy atom. The number of hydrogen-bond acceptors (Lipinski definition) is 7. The Morgan fingerprint density at radius 2 is 2.17 bits per heavy atom. The molecule has 23 heavy (non-hydrogen) atoms. The van der Waals surface area contributed by atoms with Crippen molar-refractivity contribution in [2.45, 2.75) is 25.4 Å². The van der Waals surface area contributed by atoms with Gasteiger partial charge in [0.2, 0.25) is 0 Å². The van der Waals surface area contributed by atoms with Crippen molar-refractivity contribution in [3.63, 3.8) is 0 Å². The van der Waals surface area contributed by atoms with Gasteiger partial charge in [0.1, 0.15) is 5.70 Å². The Morgan fingerprint density at radius 3 is 2.91 bits per heavy atom. The second kappa shape index (κ2) is 5.90. The first-order valence-corrected chi connectivity index (χ1v) is 8.79. The molecule has 3 aliphatic rings. The largest absolute Gasteiger partial charge is 0.350 e. The first-order chi connectivity index (χ1) is 11.3. The maximum absolute atomic E-state index is 4.88. The van der Waals surface area contributed by atoms with E-state index in [1.807, 2.05) is 30.5 Å². The number of likely N-dealkylation sites (tertiary alicyclic amines) is 1. The summed E-state index contributed by atoms with van der Waals surface area (Å²) < 4.78 is 0. The third-order valence-electron chi connectivity index (χ3n) is 4.29. The Hall–Kier alpha value is -1.99. The van der Waals surface area contributed by atoms with E-state index < -0.39 is 0 Å². The van der Waals surface area contributed by atoms with Crippen LogP contribution >= 0.6 is 11.3 Å². The molecule has 1 fully saturated rings. The summed E-state index contributed by atoms with van der Waals surface area (Å²) in [7, 11) is 2.00. The van der Waals surface area contributed by atoms with Crippen molar-refractivity contribution >= 4 is 34.9 Å². The molecule has 4 heterocycles. The van der Waals surface area contributed by atoms with Gasteiger partial charge in [-0.3, -0.25) is 4.99 Å². The van der Waals surface area contributed by atoms with E-state index in [1.54, 1.807) is 11.3 Å². The summed E-state index contributed by atoms with van der Waals surface area (Å²) in [4.78, 5) is 13.0. The van der Waals surface area contributed by atoms with E-state index in [4.69, 9.17) is 9.98 Å². The molecule has 0 spiro atoms. The number of thiophene rings is 1. The summed E-state index contributed by atoms with van der Waals surface area (Å²) in [6, 6.07) is 4.89. The lowest BCUT2D eigenvalue weighted by molar-refractivity contribution is 0.226. The lowest BCUT2D eigenvalue weighted by Crippen LogP contribution is -2.61. The molecule has 3 aliphatic heterocycles. The van der Waals surface area contributed by atoms with Gasteiger partial charge in [0.25, 0.3) is 0 Å². The van der Waals surface area contributed by atoms with Gasteiger partial charge in [-0.1, -0.05) is 6.07 Å². The number of hydrazone groups is 1. The summed E-state index contributed by atoms with van der Waals surface area (Å²) in [6.07, 6.45) is 4.72. The molecule has 1 saturated heterocycles. The van der Waals surface area contributed by atoms with Crippen LogP contribution in [0.5, 0.6) is 0 Å². The minimum Gasteiger partial charge on any atom is -0.350 e. The third kappa shape index (κ3) is 2.60. The van der Waals surface area contributed by atoms with Crippen LogP contribution in [-0.4, -0.2) is 60.0 Å².